The lowest BCUT2D eigenvalue weighted by molar-refractivity contribution is -0.155. The molecule has 1 N–H and O–H groups in total. The molecule has 78 valence electrons. The molecule has 0 saturated heterocycles. The van der Waals surface area contributed by atoms with Crippen LogP contribution in [0.5, 0.6) is 5.75 Å². The summed E-state index contributed by atoms with van der Waals surface area (Å²) >= 11 is 0. The molecule has 0 aliphatic heterocycles. The minimum Gasteiger partial charge on any atom is -0.480 e. The molecule has 0 spiro atoms. The first-order valence-electron chi connectivity index (χ1n) is 4.66. The minimum atomic E-state index is -1.28. The van der Waals surface area contributed by atoms with E-state index in [4.69, 9.17) is 9.84 Å². The van der Waals surface area contributed by atoms with E-state index >= 15 is 0 Å². The fourth-order valence-corrected chi connectivity index (χ4v) is 1.32. The number of hydrogen-bond acceptors (Lipinski definition) is 3. The third-order valence-corrected chi connectivity index (χ3v) is 2.50. The molecule has 1 fully saturated rings. The SMILES string of the molecule is O=C(O)C1(C(=O)Oc2ccccc2)CC1. The van der Waals surface area contributed by atoms with E-state index < -0.39 is 17.4 Å². The number of carboxylic acids is 1. The highest BCUT2D eigenvalue weighted by atomic mass is 16.5. The first-order valence-corrected chi connectivity index (χ1v) is 4.66. The Labute approximate surface area is 86.5 Å². The summed E-state index contributed by atoms with van der Waals surface area (Å²) < 4.78 is 4.98. The normalized spacial score (nSPS) is 16.8. The fraction of sp³-hybridized carbons (Fsp3) is 0.273. The number of carbonyl (C=O) groups excluding carboxylic acids is 1. The molecule has 1 saturated carbocycles. The first-order chi connectivity index (χ1) is 7.15. The number of para-hydroxylation sites is 1. The van der Waals surface area contributed by atoms with Gasteiger partial charge >= 0.3 is 11.9 Å². The molecule has 0 atom stereocenters. The monoisotopic (exact) mass is 206 g/mol. The average Bonchev–Trinajstić information content (AvgIpc) is 2.99. The molecule has 0 heterocycles. The highest BCUT2D eigenvalue weighted by Gasteiger charge is 2.58. The highest BCUT2D eigenvalue weighted by molar-refractivity contribution is 6.02. The molecule has 4 heteroatoms. The van der Waals surface area contributed by atoms with Gasteiger partial charge in [0.05, 0.1) is 0 Å². The Bertz CT molecular complexity index is 392. The van der Waals surface area contributed by atoms with Gasteiger partial charge in [0.25, 0.3) is 0 Å². The molecule has 0 bridgehead atoms. The second kappa shape index (κ2) is 3.38. The zero-order chi connectivity index (χ0) is 10.9. The lowest BCUT2D eigenvalue weighted by Gasteiger charge is -2.08. The number of hydrogen-bond donors (Lipinski definition) is 1. The molecular weight excluding hydrogens is 196 g/mol. The van der Waals surface area contributed by atoms with E-state index in [0.717, 1.165) is 0 Å². The van der Waals surface area contributed by atoms with E-state index in [1.165, 1.54) is 0 Å². The molecule has 15 heavy (non-hydrogen) atoms. The van der Waals surface area contributed by atoms with Crippen LogP contribution in [0.3, 0.4) is 0 Å². The Balaban J connectivity index is 2.08. The van der Waals surface area contributed by atoms with Gasteiger partial charge in [0.15, 0.2) is 5.41 Å². The van der Waals surface area contributed by atoms with Gasteiger partial charge in [-0.2, -0.15) is 0 Å². The van der Waals surface area contributed by atoms with Crippen LogP contribution in [-0.4, -0.2) is 17.0 Å². The standard InChI is InChI=1S/C11H10O4/c12-9(13)11(6-7-11)10(14)15-8-4-2-1-3-5-8/h1-5H,6-7H2,(H,12,13). The summed E-state index contributed by atoms with van der Waals surface area (Å²) in [4.78, 5) is 22.3. The van der Waals surface area contributed by atoms with E-state index in [1.54, 1.807) is 30.3 Å². The number of ether oxygens (including phenoxy) is 1. The second-order valence-corrected chi connectivity index (χ2v) is 3.59. The molecule has 0 radical (unpaired) electrons. The lowest BCUT2D eigenvalue weighted by atomic mass is 10.1. The van der Waals surface area contributed by atoms with Crippen molar-refractivity contribution in [2.45, 2.75) is 12.8 Å². The van der Waals surface area contributed by atoms with Gasteiger partial charge in [-0.25, -0.2) is 0 Å². The molecule has 0 aromatic heterocycles. The van der Waals surface area contributed by atoms with Crippen LogP contribution in [0.2, 0.25) is 0 Å². The molecule has 1 aromatic carbocycles. The topological polar surface area (TPSA) is 63.6 Å². The second-order valence-electron chi connectivity index (χ2n) is 3.59. The van der Waals surface area contributed by atoms with E-state index in [0.29, 0.717) is 18.6 Å². The summed E-state index contributed by atoms with van der Waals surface area (Å²) in [5.41, 5.74) is -1.28. The van der Waals surface area contributed by atoms with Gasteiger partial charge in [0.2, 0.25) is 0 Å². The van der Waals surface area contributed by atoms with Crippen molar-refractivity contribution in [1.29, 1.82) is 0 Å². The molecular formula is C11H10O4. The zero-order valence-corrected chi connectivity index (χ0v) is 7.97. The summed E-state index contributed by atoms with van der Waals surface area (Å²) in [5, 5.41) is 8.85. The van der Waals surface area contributed by atoms with Crippen molar-refractivity contribution in [3.63, 3.8) is 0 Å². The van der Waals surface area contributed by atoms with Crippen LogP contribution < -0.4 is 4.74 Å². The van der Waals surface area contributed by atoms with Crippen molar-refractivity contribution in [2.75, 3.05) is 0 Å². The Morgan fingerprint density at radius 1 is 1.20 bits per heavy atom. The van der Waals surface area contributed by atoms with Crippen LogP contribution in [0, 0.1) is 5.41 Å². The molecule has 2 rings (SSSR count). The fourth-order valence-electron chi connectivity index (χ4n) is 1.32. The molecule has 1 aliphatic rings. The summed E-state index contributed by atoms with van der Waals surface area (Å²) in [6.07, 6.45) is 0.738. The van der Waals surface area contributed by atoms with E-state index in [1.807, 2.05) is 0 Å². The number of carbonyl (C=O) groups is 2. The summed E-state index contributed by atoms with van der Waals surface area (Å²) in [5.74, 6) is -1.38. The van der Waals surface area contributed by atoms with Gasteiger partial charge in [-0.3, -0.25) is 9.59 Å². The van der Waals surface area contributed by atoms with Crippen LogP contribution in [0.25, 0.3) is 0 Å². The third-order valence-electron chi connectivity index (χ3n) is 2.50. The van der Waals surface area contributed by atoms with Crippen LogP contribution in [0.1, 0.15) is 12.8 Å². The van der Waals surface area contributed by atoms with Crippen LogP contribution in [0.4, 0.5) is 0 Å². The average molecular weight is 206 g/mol. The molecule has 4 nitrogen and oxygen atoms in total. The van der Waals surface area contributed by atoms with Crippen molar-refractivity contribution in [2.24, 2.45) is 5.41 Å². The summed E-state index contributed by atoms with van der Waals surface area (Å²) in [7, 11) is 0. The van der Waals surface area contributed by atoms with Crippen LogP contribution >= 0.6 is 0 Å². The zero-order valence-electron chi connectivity index (χ0n) is 7.97. The van der Waals surface area contributed by atoms with E-state index in [-0.39, 0.29) is 0 Å². The van der Waals surface area contributed by atoms with Crippen molar-refractivity contribution in [3.8, 4) is 5.75 Å². The number of rotatable bonds is 3. The highest BCUT2D eigenvalue weighted by Crippen LogP contribution is 2.47. The minimum absolute atomic E-state index is 0.369. The largest absolute Gasteiger partial charge is 0.480 e. The van der Waals surface area contributed by atoms with Crippen molar-refractivity contribution >= 4 is 11.9 Å². The summed E-state index contributed by atoms with van der Waals surface area (Å²) in [6, 6.07) is 8.49. The Morgan fingerprint density at radius 3 is 2.27 bits per heavy atom. The lowest BCUT2D eigenvalue weighted by Crippen LogP contribution is -2.29. The first kappa shape index (κ1) is 9.71. The van der Waals surface area contributed by atoms with Crippen LogP contribution in [0.15, 0.2) is 30.3 Å². The van der Waals surface area contributed by atoms with Gasteiger partial charge in [0.1, 0.15) is 5.75 Å². The maximum Gasteiger partial charge on any atom is 0.328 e. The molecule has 1 aromatic rings. The predicted octanol–water partition coefficient (Wildman–Crippen LogP) is 1.46. The van der Waals surface area contributed by atoms with Crippen molar-refractivity contribution in [3.05, 3.63) is 30.3 Å². The Kier molecular flexibility index (Phi) is 2.19. The maximum atomic E-state index is 11.5. The van der Waals surface area contributed by atoms with Gasteiger partial charge < -0.3 is 9.84 Å². The number of esters is 1. The van der Waals surface area contributed by atoms with E-state index in [9.17, 15) is 9.59 Å². The van der Waals surface area contributed by atoms with Crippen LogP contribution in [-0.2, 0) is 9.59 Å². The third kappa shape index (κ3) is 1.70. The number of benzene rings is 1. The van der Waals surface area contributed by atoms with Crippen molar-refractivity contribution in [1.82, 2.24) is 0 Å². The number of carboxylic acid groups (broad SMARTS) is 1. The van der Waals surface area contributed by atoms with E-state index in [2.05, 4.69) is 0 Å². The summed E-state index contributed by atoms with van der Waals surface area (Å²) in [6.45, 7) is 0. The Morgan fingerprint density at radius 2 is 1.80 bits per heavy atom. The van der Waals surface area contributed by atoms with Gasteiger partial charge in [0, 0.05) is 0 Å². The molecule has 1 aliphatic carbocycles. The molecule has 0 amide bonds. The maximum absolute atomic E-state index is 11.5. The Hall–Kier alpha value is -1.84. The van der Waals surface area contributed by atoms with Gasteiger partial charge in [-0.1, -0.05) is 18.2 Å². The number of aliphatic carboxylic acids is 1. The quantitative estimate of drug-likeness (QED) is 0.462. The smallest absolute Gasteiger partial charge is 0.328 e. The predicted molar refractivity (Wildman–Crippen MR) is 51.4 cm³/mol. The molecule has 0 unspecified atom stereocenters. The van der Waals surface area contributed by atoms with Gasteiger partial charge in [-0.15, -0.1) is 0 Å². The van der Waals surface area contributed by atoms with Crippen molar-refractivity contribution < 1.29 is 19.4 Å². The van der Waals surface area contributed by atoms with Gasteiger partial charge in [-0.05, 0) is 25.0 Å².